The molecule has 7 heteroatoms. The van der Waals surface area contributed by atoms with Gasteiger partial charge in [-0.3, -0.25) is 4.79 Å². The Kier molecular flexibility index (Phi) is 10.6. The van der Waals surface area contributed by atoms with E-state index < -0.39 is 5.97 Å². The molecule has 4 atom stereocenters. The maximum atomic E-state index is 12.2. The van der Waals surface area contributed by atoms with Crippen LogP contribution in [0, 0.1) is 11.8 Å². The summed E-state index contributed by atoms with van der Waals surface area (Å²) in [4.78, 5) is 23.5. The highest BCUT2D eigenvalue weighted by atomic mass is 32.1. The number of ether oxygens (including phenoxy) is 1. The molecule has 3 N–H and O–H groups in total. The van der Waals surface area contributed by atoms with Gasteiger partial charge >= 0.3 is 5.97 Å². The monoisotopic (exact) mass is 424 g/mol. The maximum Gasteiger partial charge on any atom is 0.327 e. The van der Waals surface area contributed by atoms with Crippen molar-refractivity contribution in [2.45, 2.75) is 83.3 Å². The van der Waals surface area contributed by atoms with Gasteiger partial charge in [-0.2, -0.15) is 0 Å². The minimum Gasteiger partial charge on any atom is -0.478 e. The Hall–Kier alpha value is -1.47. The number of amides is 1. The first-order valence-electron chi connectivity index (χ1n) is 11.1. The summed E-state index contributed by atoms with van der Waals surface area (Å²) in [5.41, 5.74) is 0. The molecule has 0 unspecified atom stereocenters. The fourth-order valence-corrected chi connectivity index (χ4v) is 4.69. The standard InChI is InChI=1S/C22H36N2O4S/c1-2-3-6-10-21(29)24-15-20(25)23-14-17-16(18-12-13-19(17)28-18)9-7-4-5-8-11-22(26)27/h8,11,16-19H,2-7,9-10,12-15H2,1H3,(H,23,25)(H,24,29)(H,26,27)/t16-,17+,18-,19+/m1/s1. The van der Waals surface area contributed by atoms with Crippen molar-refractivity contribution in [3.63, 3.8) is 0 Å². The van der Waals surface area contributed by atoms with Crippen molar-refractivity contribution in [1.82, 2.24) is 10.6 Å². The first-order chi connectivity index (χ1) is 14.0. The van der Waals surface area contributed by atoms with Crippen LogP contribution in [0.4, 0.5) is 0 Å². The number of rotatable bonds is 14. The summed E-state index contributed by atoms with van der Waals surface area (Å²) in [5, 5.41) is 14.8. The number of allylic oxidation sites excluding steroid dienone is 1. The summed E-state index contributed by atoms with van der Waals surface area (Å²) in [6.07, 6.45) is 13.9. The summed E-state index contributed by atoms with van der Waals surface area (Å²) >= 11 is 5.28. The van der Waals surface area contributed by atoms with E-state index in [0.717, 1.165) is 69.2 Å². The fraction of sp³-hybridized carbons (Fsp3) is 0.773. The lowest BCUT2D eigenvalue weighted by atomic mass is 9.76. The molecule has 6 nitrogen and oxygen atoms in total. The summed E-state index contributed by atoms with van der Waals surface area (Å²) < 4.78 is 6.11. The molecule has 0 radical (unpaired) electrons. The highest BCUT2D eigenvalue weighted by Gasteiger charge is 2.48. The minimum absolute atomic E-state index is 0.0110. The summed E-state index contributed by atoms with van der Waals surface area (Å²) in [6.45, 7) is 3.06. The lowest BCUT2D eigenvalue weighted by molar-refractivity contribution is -0.131. The third-order valence-electron chi connectivity index (χ3n) is 6.00. The highest BCUT2D eigenvalue weighted by Crippen LogP contribution is 2.45. The van der Waals surface area contributed by atoms with Crippen molar-refractivity contribution in [3.8, 4) is 0 Å². The van der Waals surface area contributed by atoms with Crippen LogP contribution < -0.4 is 10.6 Å². The van der Waals surface area contributed by atoms with Gasteiger partial charge in [-0.1, -0.05) is 44.5 Å². The molecular formula is C22H36N2O4S. The van der Waals surface area contributed by atoms with Crippen LogP contribution in [0.15, 0.2) is 12.2 Å². The number of unbranched alkanes of at least 4 members (excludes halogenated alkanes) is 4. The third kappa shape index (κ3) is 8.42. The van der Waals surface area contributed by atoms with Gasteiger partial charge in [0.15, 0.2) is 0 Å². The predicted octanol–water partition coefficient (Wildman–Crippen LogP) is 3.59. The van der Waals surface area contributed by atoms with Crippen LogP contribution in [0.2, 0.25) is 0 Å². The van der Waals surface area contributed by atoms with Crippen molar-refractivity contribution >= 4 is 29.1 Å². The molecule has 1 amide bonds. The second-order valence-corrected chi connectivity index (χ2v) is 8.67. The highest BCUT2D eigenvalue weighted by molar-refractivity contribution is 7.80. The zero-order valence-corrected chi connectivity index (χ0v) is 18.3. The molecule has 0 spiro atoms. The summed E-state index contributed by atoms with van der Waals surface area (Å²) in [6, 6.07) is 0. The predicted molar refractivity (Wildman–Crippen MR) is 118 cm³/mol. The smallest absolute Gasteiger partial charge is 0.327 e. The van der Waals surface area contributed by atoms with Crippen LogP contribution in [0.25, 0.3) is 0 Å². The molecule has 0 aromatic carbocycles. The average Bonchev–Trinajstić information content (AvgIpc) is 3.29. The van der Waals surface area contributed by atoms with Crippen molar-refractivity contribution in [1.29, 1.82) is 0 Å². The van der Waals surface area contributed by atoms with E-state index in [9.17, 15) is 9.59 Å². The SMILES string of the molecule is CCCCCC(=S)NCC(=O)NC[C@H]1[C@@H](CCCCC=CC(=O)O)[C@H]2CC[C@@H]1O2. The van der Waals surface area contributed by atoms with E-state index in [2.05, 4.69) is 17.6 Å². The Morgan fingerprint density at radius 3 is 2.59 bits per heavy atom. The molecule has 0 saturated carbocycles. The number of carboxylic acids is 1. The number of carbonyl (C=O) groups is 2. The molecule has 0 aromatic rings. The van der Waals surface area contributed by atoms with Gasteiger partial charge in [0.1, 0.15) is 0 Å². The quantitative estimate of drug-likeness (QED) is 0.224. The topological polar surface area (TPSA) is 87.7 Å². The Bertz CT molecular complexity index is 581. The average molecular weight is 425 g/mol. The van der Waals surface area contributed by atoms with E-state index in [1.807, 2.05) is 0 Å². The lowest BCUT2D eigenvalue weighted by Gasteiger charge is -2.28. The van der Waals surface area contributed by atoms with Gasteiger partial charge in [0.05, 0.1) is 23.7 Å². The number of carboxylic acid groups (broad SMARTS) is 1. The van der Waals surface area contributed by atoms with Crippen molar-refractivity contribution in [3.05, 3.63) is 12.2 Å². The van der Waals surface area contributed by atoms with E-state index in [1.54, 1.807) is 6.08 Å². The van der Waals surface area contributed by atoms with E-state index >= 15 is 0 Å². The molecule has 2 rings (SSSR count). The third-order valence-corrected chi connectivity index (χ3v) is 6.35. The van der Waals surface area contributed by atoms with Crippen LogP contribution in [-0.2, 0) is 14.3 Å². The number of nitrogens with one attached hydrogen (secondary N) is 2. The number of aliphatic carboxylic acids is 1. The molecule has 2 saturated heterocycles. The zero-order valence-electron chi connectivity index (χ0n) is 17.5. The lowest BCUT2D eigenvalue weighted by Crippen LogP contribution is -2.42. The van der Waals surface area contributed by atoms with E-state index in [0.29, 0.717) is 24.5 Å². The second kappa shape index (κ2) is 13.0. The van der Waals surface area contributed by atoms with Crippen LogP contribution in [0.5, 0.6) is 0 Å². The van der Waals surface area contributed by atoms with Gasteiger partial charge in [-0.25, -0.2) is 4.79 Å². The Labute approximate surface area is 179 Å². The molecule has 2 heterocycles. The van der Waals surface area contributed by atoms with Crippen molar-refractivity contribution in [2.24, 2.45) is 11.8 Å². The first kappa shape index (κ1) is 23.8. The van der Waals surface area contributed by atoms with Gasteiger partial charge in [-0.15, -0.1) is 0 Å². The van der Waals surface area contributed by atoms with Crippen LogP contribution in [0.1, 0.15) is 71.1 Å². The van der Waals surface area contributed by atoms with Crippen LogP contribution in [-0.4, -0.2) is 47.3 Å². The van der Waals surface area contributed by atoms with Gasteiger partial charge in [-0.05, 0) is 50.9 Å². The summed E-state index contributed by atoms with van der Waals surface area (Å²) in [7, 11) is 0. The Morgan fingerprint density at radius 1 is 1.10 bits per heavy atom. The van der Waals surface area contributed by atoms with Crippen LogP contribution >= 0.6 is 12.2 Å². The molecule has 2 aliphatic rings. The maximum absolute atomic E-state index is 12.2. The molecular weight excluding hydrogens is 388 g/mol. The Morgan fingerprint density at radius 2 is 1.86 bits per heavy atom. The number of hydrogen-bond acceptors (Lipinski definition) is 4. The molecule has 0 aliphatic carbocycles. The van der Waals surface area contributed by atoms with Crippen molar-refractivity contribution < 1.29 is 19.4 Å². The number of thiocarbonyl (C=S) groups is 1. The van der Waals surface area contributed by atoms with Gasteiger partial charge in [0.2, 0.25) is 5.91 Å². The molecule has 164 valence electrons. The van der Waals surface area contributed by atoms with E-state index in [-0.39, 0.29) is 18.6 Å². The molecule has 0 aromatic heterocycles. The molecule has 29 heavy (non-hydrogen) atoms. The fourth-order valence-electron chi connectivity index (χ4n) is 4.48. The summed E-state index contributed by atoms with van der Waals surface area (Å²) in [5.74, 6) is -0.0361. The second-order valence-electron chi connectivity index (χ2n) is 8.18. The van der Waals surface area contributed by atoms with E-state index in [4.69, 9.17) is 22.1 Å². The van der Waals surface area contributed by atoms with Gasteiger partial charge in [0.25, 0.3) is 0 Å². The minimum atomic E-state index is -0.890. The largest absolute Gasteiger partial charge is 0.478 e. The number of fused-ring (bicyclic) bond motifs is 2. The molecule has 2 bridgehead atoms. The van der Waals surface area contributed by atoms with Gasteiger partial charge < -0.3 is 20.5 Å². The molecule has 2 aliphatic heterocycles. The van der Waals surface area contributed by atoms with Crippen LogP contribution in [0.3, 0.4) is 0 Å². The zero-order chi connectivity index (χ0) is 21.1. The normalized spacial score (nSPS) is 25.4. The first-order valence-corrected chi connectivity index (χ1v) is 11.5. The number of hydrogen-bond donors (Lipinski definition) is 3. The molecule has 2 fully saturated rings. The van der Waals surface area contributed by atoms with Crippen molar-refractivity contribution in [2.75, 3.05) is 13.1 Å². The van der Waals surface area contributed by atoms with E-state index in [1.165, 1.54) is 6.08 Å². The van der Waals surface area contributed by atoms with Gasteiger partial charge in [0, 0.05) is 18.5 Å². The number of carbonyl (C=O) groups excluding carboxylic acids is 1. The Balaban J connectivity index is 1.66.